The molecule has 1 amide bonds. The van der Waals surface area contributed by atoms with Gasteiger partial charge in [0.2, 0.25) is 0 Å². The van der Waals surface area contributed by atoms with Crippen molar-refractivity contribution in [1.82, 2.24) is 5.32 Å². The van der Waals surface area contributed by atoms with Gasteiger partial charge in [0.05, 0.1) is 16.9 Å². The van der Waals surface area contributed by atoms with Gasteiger partial charge in [-0.05, 0) is 67.2 Å². The molecule has 1 aliphatic heterocycles. The first-order chi connectivity index (χ1) is 9.28. The minimum Gasteiger partial charge on any atom is -0.397 e. The SMILES string of the molecule is Cc1cc(Br)c(N)c(C(=O)NC2CCOC(C)(C)C2)c1. The number of amides is 1. The van der Waals surface area contributed by atoms with Gasteiger partial charge < -0.3 is 15.8 Å². The number of nitrogens with two attached hydrogens (primary N) is 1. The highest BCUT2D eigenvalue weighted by Gasteiger charge is 2.30. The van der Waals surface area contributed by atoms with E-state index < -0.39 is 0 Å². The Morgan fingerprint density at radius 3 is 2.85 bits per heavy atom. The van der Waals surface area contributed by atoms with Gasteiger partial charge in [0.25, 0.3) is 5.91 Å². The molecule has 0 spiro atoms. The molecule has 1 aromatic rings. The predicted molar refractivity (Wildman–Crippen MR) is 83.8 cm³/mol. The van der Waals surface area contributed by atoms with Crippen molar-refractivity contribution in [2.45, 2.75) is 45.3 Å². The summed E-state index contributed by atoms with van der Waals surface area (Å²) in [7, 11) is 0. The number of carbonyl (C=O) groups excluding carboxylic acids is 1. The molecule has 1 fully saturated rings. The highest BCUT2D eigenvalue weighted by Crippen LogP contribution is 2.27. The maximum Gasteiger partial charge on any atom is 0.253 e. The summed E-state index contributed by atoms with van der Waals surface area (Å²) in [6, 6.07) is 3.86. The molecule has 0 radical (unpaired) electrons. The van der Waals surface area contributed by atoms with Crippen LogP contribution < -0.4 is 11.1 Å². The largest absolute Gasteiger partial charge is 0.397 e. The van der Waals surface area contributed by atoms with E-state index in [1.165, 1.54) is 0 Å². The second kappa shape index (κ2) is 5.74. The highest BCUT2D eigenvalue weighted by molar-refractivity contribution is 9.10. The lowest BCUT2D eigenvalue weighted by molar-refractivity contribution is -0.0615. The minimum atomic E-state index is -0.186. The summed E-state index contributed by atoms with van der Waals surface area (Å²) in [4.78, 5) is 12.4. The fourth-order valence-electron chi connectivity index (χ4n) is 2.56. The van der Waals surface area contributed by atoms with E-state index in [9.17, 15) is 4.79 Å². The molecule has 1 aliphatic rings. The molecule has 0 saturated carbocycles. The molecule has 1 heterocycles. The predicted octanol–water partition coefficient (Wildman–Crippen LogP) is 3.03. The first-order valence-electron chi connectivity index (χ1n) is 6.79. The van der Waals surface area contributed by atoms with Crippen LogP contribution in [0, 0.1) is 6.92 Å². The van der Waals surface area contributed by atoms with Crippen LogP contribution in [-0.2, 0) is 4.74 Å². The van der Waals surface area contributed by atoms with Crippen molar-refractivity contribution >= 4 is 27.5 Å². The van der Waals surface area contributed by atoms with Gasteiger partial charge in [0.1, 0.15) is 0 Å². The molecule has 1 atom stereocenters. The normalized spacial score (nSPS) is 21.5. The summed E-state index contributed by atoms with van der Waals surface area (Å²) in [5.74, 6) is -0.116. The van der Waals surface area contributed by atoms with Crippen molar-refractivity contribution in [3.63, 3.8) is 0 Å². The fraction of sp³-hybridized carbons (Fsp3) is 0.533. The van der Waals surface area contributed by atoms with Crippen LogP contribution in [0.4, 0.5) is 5.69 Å². The van der Waals surface area contributed by atoms with Crippen molar-refractivity contribution < 1.29 is 9.53 Å². The Balaban J connectivity index is 2.13. The summed E-state index contributed by atoms with van der Waals surface area (Å²) in [6.07, 6.45) is 1.65. The third kappa shape index (κ3) is 3.52. The van der Waals surface area contributed by atoms with Gasteiger partial charge in [-0.3, -0.25) is 4.79 Å². The van der Waals surface area contributed by atoms with Crippen LogP contribution in [-0.4, -0.2) is 24.2 Å². The van der Waals surface area contributed by atoms with Crippen LogP contribution in [0.15, 0.2) is 16.6 Å². The van der Waals surface area contributed by atoms with Gasteiger partial charge in [-0.1, -0.05) is 0 Å². The molecular weight excluding hydrogens is 320 g/mol. The molecule has 0 bridgehead atoms. The van der Waals surface area contributed by atoms with Crippen LogP contribution in [0.2, 0.25) is 0 Å². The Morgan fingerprint density at radius 2 is 2.20 bits per heavy atom. The summed E-state index contributed by atoms with van der Waals surface area (Å²) in [5.41, 5.74) is 7.81. The van der Waals surface area contributed by atoms with Crippen molar-refractivity contribution in [3.8, 4) is 0 Å². The second-order valence-corrected chi connectivity index (χ2v) is 6.83. The Hall–Kier alpha value is -1.07. The van der Waals surface area contributed by atoms with E-state index in [0.717, 1.165) is 22.9 Å². The van der Waals surface area contributed by atoms with E-state index in [-0.39, 0.29) is 17.6 Å². The monoisotopic (exact) mass is 340 g/mol. The maximum absolute atomic E-state index is 12.4. The average molecular weight is 341 g/mol. The van der Waals surface area contributed by atoms with Gasteiger partial charge >= 0.3 is 0 Å². The number of ether oxygens (including phenoxy) is 1. The molecule has 1 aromatic carbocycles. The molecule has 3 N–H and O–H groups in total. The number of rotatable bonds is 2. The molecule has 0 aromatic heterocycles. The lowest BCUT2D eigenvalue weighted by atomic mass is 9.93. The number of nitrogen functional groups attached to an aromatic ring is 1. The molecule has 0 aliphatic carbocycles. The third-order valence-electron chi connectivity index (χ3n) is 3.55. The van der Waals surface area contributed by atoms with Crippen LogP contribution >= 0.6 is 15.9 Å². The molecule has 1 unspecified atom stereocenters. The second-order valence-electron chi connectivity index (χ2n) is 5.98. The Bertz CT molecular complexity index is 529. The molecule has 1 saturated heterocycles. The lowest BCUT2D eigenvalue weighted by Crippen LogP contribution is -2.45. The number of aryl methyl sites for hydroxylation is 1. The van der Waals surface area contributed by atoms with Crippen LogP contribution in [0.25, 0.3) is 0 Å². The first-order valence-corrected chi connectivity index (χ1v) is 7.58. The Kier molecular flexibility index (Phi) is 4.39. The smallest absolute Gasteiger partial charge is 0.253 e. The van der Waals surface area contributed by atoms with Crippen molar-refractivity contribution in [1.29, 1.82) is 0 Å². The molecule has 4 nitrogen and oxygen atoms in total. The van der Waals surface area contributed by atoms with Crippen LogP contribution in [0.5, 0.6) is 0 Å². The Labute approximate surface area is 128 Å². The van der Waals surface area contributed by atoms with Crippen LogP contribution in [0.1, 0.15) is 42.6 Å². The van der Waals surface area contributed by atoms with E-state index in [2.05, 4.69) is 21.2 Å². The molecule has 20 heavy (non-hydrogen) atoms. The van der Waals surface area contributed by atoms with E-state index in [4.69, 9.17) is 10.5 Å². The lowest BCUT2D eigenvalue weighted by Gasteiger charge is -2.35. The van der Waals surface area contributed by atoms with E-state index in [1.807, 2.05) is 32.9 Å². The number of halogens is 1. The van der Waals surface area contributed by atoms with Crippen molar-refractivity contribution in [3.05, 3.63) is 27.7 Å². The van der Waals surface area contributed by atoms with E-state index in [1.54, 1.807) is 0 Å². The van der Waals surface area contributed by atoms with Gasteiger partial charge in [-0.25, -0.2) is 0 Å². The fourth-order valence-corrected chi connectivity index (χ4v) is 3.13. The van der Waals surface area contributed by atoms with E-state index >= 15 is 0 Å². The van der Waals surface area contributed by atoms with Crippen molar-refractivity contribution in [2.75, 3.05) is 12.3 Å². The summed E-state index contributed by atoms with van der Waals surface area (Å²) >= 11 is 3.38. The number of hydrogen-bond acceptors (Lipinski definition) is 3. The zero-order chi connectivity index (χ0) is 14.9. The van der Waals surface area contributed by atoms with Gasteiger partial charge in [-0.2, -0.15) is 0 Å². The zero-order valence-electron chi connectivity index (χ0n) is 12.1. The molecule has 5 heteroatoms. The number of nitrogens with one attached hydrogen (secondary N) is 1. The van der Waals surface area contributed by atoms with Crippen molar-refractivity contribution in [2.24, 2.45) is 0 Å². The van der Waals surface area contributed by atoms with Gasteiger partial charge in [0, 0.05) is 17.1 Å². The van der Waals surface area contributed by atoms with Gasteiger partial charge in [0.15, 0.2) is 0 Å². The number of hydrogen-bond donors (Lipinski definition) is 2. The third-order valence-corrected chi connectivity index (χ3v) is 4.21. The molecular formula is C15H21BrN2O2. The topological polar surface area (TPSA) is 64.4 Å². The average Bonchev–Trinajstić information content (AvgIpc) is 2.32. The quantitative estimate of drug-likeness (QED) is 0.813. The minimum absolute atomic E-state index is 0.116. The Morgan fingerprint density at radius 1 is 1.50 bits per heavy atom. The number of carbonyl (C=O) groups is 1. The zero-order valence-corrected chi connectivity index (χ0v) is 13.7. The standard InChI is InChI=1S/C15H21BrN2O2/c1-9-6-11(13(17)12(16)7-9)14(19)18-10-4-5-20-15(2,3)8-10/h6-7,10H,4-5,8,17H2,1-3H3,(H,18,19). The summed E-state index contributed by atoms with van der Waals surface area (Å²) in [5, 5.41) is 3.07. The summed E-state index contributed by atoms with van der Waals surface area (Å²) in [6.45, 7) is 6.70. The molecule has 2 rings (SSSR count). The maximum atomic E-state index is 12.4. The van der Waals surface area contributed by atoms with E-state index in [0.29, 0.717) is 17.9 Å². The number of benzene rings is 1. The van der Waals surface area contributed by atoms with Gasteiger partial charge in [-0.15, -0.1) is 0 Å². The van der Waals surface area contributed by atoms with Crippen LogP contribution in [0.3, 0.4) is 0 Å². The molecule has 110 valence electrons. The number of anilines is 1. The summed E-state index contributed by atoms with van der Waals surface area (Å²) < 4.78 is 6.42. The highest BCUT2D eigenvalue weighted by atomic mass is 79.9. The first kappa shape index (κ1) is 15.3.